The number of para-hydroxylation sites is 1. The summed E-state index contributed by atoms with van der Waals surface area (Å²) >= 11 is 0. The van der Waals surface area contributed by atoms with Crippen LogP contribution in [-0.2, 0) is 11.3 Å². The van der Waals surface area contributed by atoms with Gasteiger partial charge in [0, 0.05) is 5.69 Å². The molecule has 0 aromatic heterocycles. The average molecular weight is 287 g/mol. The molecule has 1 saturated carbocycles. The molecule has 2 aliphatic rings. The Labute approximate surface area is 124 Å². The molecule has 0 saturated heterocycles. The van der Waals surface area contributed by atoms with E-state index in [1.165, 1.54) is 11.3 Å². The Bertz CT molecular complexity index is 552. The van der Waals surface area contributed by atoms with E-state index in [1.807, 2.05) is 24.3 Å². The number of amides is 3. The van der Waals surface area contributed by atoms with Crippen LogP contribution in [0.25, 0.3) is 0 Å². The minimum absolute atomic E-state index is 0.106. The zero-order valence-corrected chi connectivity index (χ0v) is 12.0. The fourth-order valence-corrected chi connectivity index (χ4v) is 3.54. The van der Waals surface area contributed by atoms with Gasteiger partial charge in [-0.15, -0.1) is 0 Å². The molecular formula is C16H21N3O2. The molecule has 21 heavy (non-hydrogen) atoms. The maximum absolute atomic E-state index is 12.6. The lowest BCUT2D eigenvalue weighted by molar-refractivity contribution is -0.122. The molecule has 0 bridgehead atoms. The number of fused-ring (bicyclic) bond motifs is 1. The first-order valence-corrected chi connectivity index (χ1v) is 7.61. The minimum Gasteiger partial charge on any atom is -0.351 e. The Morgan fingerprint density at radius 3 is 2.62 bits per heavy atom. The summed E-state index contributed by atoms with van der Waals surface area (Å²) < 4.78 is 0. The van der Waals surface area contributed by atoms with E-state index in [0.717, 1.165) is 36.9 Å². The van der Waals surface area contributed by atoms with Gasteiger partial charge in [-0.3, -0.25) is 4.79 Å². The van der Waals surface area contributed by atoms with E-state index in [-0.39, 0.29) is 11.8 Å². The number of nitrogens with one attached hydrogen (secondary N) is 1. The average Bonchev–Trinajstić information content (AvgIpc) is 2.64. The summed E-state index contributed by atoms with van der Waals surface area (Å²) in [4.78, 5) is 26.1. The van der Waals surface area contributed by atoms with Gasteiger partial charge in [0.2, 0.25) is 5.91 Å². The number of rotatable bonds is 1. The number of benzene rings is 1. The van der Waals surface area contributed by atoms with E-state index in [9.17, 15) is 9.59 Å². The third-order valence-corrected chi connectivity index (χ3v) is 4.60. The molecule has 1 aliphatic heterocycles. The second-order valence-electron chi connectivity index (χ2n) is 5.96. The highest BCUT2D eigenvalue weighted by atomic mass is 16.2. The molecule has 5 heteroatoms. The molecule has 0 radical (unpaired) electrons. The Morgan fingerprint density at radius 1 is 1.19 bits per heavy atom. The highest BCUT2D eigenvalue weighted by molar-refractivity contribution is 5.98. The monoisotopic (exact) mass is 287 g/mol. The third-order valence-electron chi connectivity index (χ3n) is 4.60. The summed E-state index contributed by atoms with van der Waals surface area (Å²) in [7, 11) is 0. The Hall–Kier alpha value is -2.04. The molecule has 0 unspecified atom stereocenters. The maximum atomic E-state index is 12.6. The molecule has 3 amide bonds. The Morgan fingerprint density at radius 2 is 1.90 bits per heavy atom. The number of nitrogens with zero attached hydrogens (tertiary/aromatic N) is 1. The van der Waals surface area contributed by atoms with Crippen molar-refractivity contribution in [2.24, 2.45) is 11.7 Å². The number of anilines is 1. The van der Waals surface area contributed by atoms with Crippen LogP contribution in [0.15, 0.2) is 24.3 Å². The molecule has 3 rings (SSSR count). The van der Waals surface area contributed by atoms with Gasteiger partial charge in [-0.2, -0.15) is 0 Å². The topological polar surface area (TPSA) is 75.4 Å². The van der Waals surface area contributed by atoms with E-state index >= 15 is 0 Å². The van der Waals surface area contributed by atoms with E-state index in [1.54, 1.807) is 0 Å². The standard InChI is InChI=1S/C16H21N3O2/c17-16(21)19-10-12-8-4-5-9-13(12)18-15(20)14(19)11-6-2-1-3-7-11/h4-5,8-9,11,14H,1-3,6-7,10H2,(H2,17,21)(H,18,20)/t14-/m0/s1. The number of nitrogens with two attached hydrogens (primary N) is 1. The Balaban J connectivity index is 1.94. The van der Waals surface area contributed by atoms with Gasteiger partial charge in [0.05, 0.1) is 6.54 Å². The quantitative estimate of drug-likeness (QED) is 0.832. The zero-order valence-electron chi connectivity index (χ0n) is 12.0. The van der Waals surface area contributed by atoms with Crippen LogP contribution in [0.1, 0.15) is 37.7 Å². The third kappa shape index (κ3) is 2.73. The Kier molecular flexibility index (Phi) is 3.82. The van der Waals surface area contributed by atoms with E-state index in [4.69, 9.17) is 5.73 Å². The number of hydrogen-bond donors (Lipinski definition) is 2. The molecule has 1 fully saturated rings. The van der Waals surface area contributed by atoms with Crippen molar-refractivity contribution < 1.29 is 9.59 Å². The number of carbonyl (C=O) groups excluding carboxylic acids is 2. The second-order valence-corrected chi connectivity index (χ2v) is 5.96. The first-order valence-electron chi connectivity index (χ1n) is 7.61. The molecular weight excluding hydrogens is 266 g/mol. The van der Waals surface area contributed by atoms with Crippen molar-refractivity contribution in [2.45, 2.75) is 44.7 Å². The minimum atomic E-state index is -0.516. The molecule has 0 spiro atoms. The van der Waals surface area contributed by atoms with Crippen LogP contribution in [0.5, 0.6) is 0 Å². The van der Waals surface area contributed by atoms with Gasteiger partial charge in [0.1, 0.15) is 6.04 Å². The van der Waals surface area contributed by atoms with Gasteiger partial charge in [-0.05, 0) is 30.4 Å². The van der Waals surface area contributed by atoms with Gasteiger partial charge >= 0.3 is 6.03 Å². The van der Waals surface area contributed by atoms with Crippen molar-refractivity contribution in [3.05, 3.63) is 29.8 Å². The summed E-state index contributed by atoms with van der Waals surface area (Å²) in [5.74, 6) is 0.103. The van der Waals surface area contributed by atoms with Crippen molar-refractivity contribution in [1.29, 1.82) is 0 Å². The zero-order chi connectivity index (χ0) is 14.8. The predicted molar refractivity (Wildman–Crippen MR) is 80.6 cm³/mol. The van der Waals surface area contributed by atoms with E-state index in [0.29, 0.717) is 6.54 Å². The number of hydrogen-bond acceptors (Lipinski definition) is 2. The predicted octanol–water partition coefficient (Wildman–Crippen LogP) is 2.47. The summed E-state index contributed by atoms with van der Waals surface area (Å²) in [6.07, 6.45) is 5.42. The molecule has 5 nitrogen and oxygen atoms in total. The van der Waals surface area contributed by atoms with Crippen LogP contribution in [0.3, 0.4) is 0 Å². The number of primary amides is 1. The largest absolute Gasteiger partial charge is 0.351 e. The highest BCUT2D eigenvalue weighted by Gasteiger charge is 2.38. The van der Waals surface area contributed by atoms with Crippen molar-refractivity contribution in [1.82, 2.24) is 4.90 Å². The highest BCUT2D eigenvalue weighted by Crippen LogP contribution is 2.33. The summed E-state index contributed by atoms with van der Waals surface area (Å²) in [5.41, 5.74) is 7.28. The summed E-state index contributed by atoms with van der Waals surface area (Å²) in [6.45, 7) is 0.394. The fourth-order valence-electron chi connectivity index (χ4n) is 3.54. The molecule has 112 valence electrons. The van der Waals surface area contributed by atoms with E-state index < -0.39 is 12.1 Å². The van der Waals surface area contributed by atoms with Crippen LogP contribution in [0.4, 0.5) is 10.5 Å². The smallest absolute Gasteiger partial charge is 0.315 e. The van der Waals surface area contributed by atoms with Crippen molar-refractivity contribution >= 4 is 17.6 Å². The first-order chi connectivity index (χ1) is 10.2. The summed E-state index contributed by atoms with van der Waals surface area (Å²) in [6, 6.07) is 6.62. The van der Waals surface area contributed by atoms with Gasteiger partial charge in [0.15, 0.2) is 0 Å². The van der Waals surface area contributed by atoms with Crippen molar-refractivity contribution in [3.8, 4) is 0 Å². The second kappa shape index (κ2) is 5.76. The van der Waals surface area contributed by atoms with Crippen LogP contribution in [-0.4, -0.2) is 22.9 Å². The molecule has 1 aromatic rings. The van der Waals surface area contributed by atoms with Crippen LogP contribution < -0.4 is 11.1 Å². The van der Waals surface area contributed by atoms with Crippen LogP contribution in [0.2, 0.25) is 0 Å². The SMILES string of the molecule is NC(=O)N1Cc2ccccc2NC(=O)[C@@H]1C1CCCCC1. The van der Waals surface area contributed by atoms with Crippen LogP contribution >= 0.6 is 0 Å². The lowest BCUT2D eigenvalue weighted by Gasteiger charge is -2.35. The molecule has 1 aliphatic carbocycles. The molecule has 1 atom stereocenters. The number of carbonyl (C=O) groups is 2. The lowest BCUT2D eigenvalue weighted by Crippen LogP contribution is -2.51. The molecule has 3 N–H and O–H groups in total. The van der Waals surface area contributed by atoms with Crippen molar-refractivity contribution in [3.63, 3.8) is 0 Å². The van der Waals surface area contributed by atoms with Crippen LogP contribution in [0, 0.1) is 5.92 Å². The normalized spacial score (nSPS) is 23.1. The van der Waals surface area contributed by atoms with Gasteiger partial charge < -0.3 is 16.0 Å². The maximum Gasteiger partial charge on any atom is 0.315 e. The van der Waals surface area contributed by atoms with Gasteiger partial charge in [-0.1, -0.05) is 37.5 Å². The first kappa shape index (κ1) is 13.9. The summed E-state index contributed by atoms with van der Waals surface area (Å²) in [5, 5.41) is 2.97. The number of urea groups is 1. The molecule has 1 aromatic carbocycles. The van der Waals surface area contributed by atoms with Gasteiger partial charge in [-0.25, -0.2) is 4.79 Å². The fraction of sp³-hybridized carbons (Fsp3) is 0.500. The van der Waals surface area contributed by atoms with Crippen molar-refractivity contribution in [2.75, 3.05) is 5.32 Å². The molecule has 1 heterocycles. The van der Waals surface area contributed by atoms with E-state index in [2.05, 4.69) is 5.32 Å². The van der Waals surface area contributed by atoms with Gasteiger partial charge in [0.25, 0.3) is 0 Å². The lowest BCUT2D eigenvalue weighted by atomic mass is 9.83.